The zero-order chi connectivity index (χ0) is 19.9. The summed E-state index contributed by atoms with van der Waals surface area (Å²) in [5.74, 6) is -0.304. The Morgan fingerprint density at radius 2 is 1.96 bits per heavy atom. The molecule has 3 N–H and O–H groups in total. The van der Waals surface area contributed by atoms with Crippen molar-refractivity contribution in [3.8, 4) is 0 Å². The first-order valence-corrected chi connectivity index (χ1v) is 11.1. The Labute approximate surface area is 163 Å². The van der Waals surface area contributed by atoms with Crippen LogP contribution in [0.3, 0.4) is 0 Å². The van der Waals surface area contributed by atoms with Gasteiger partial charge in [0.05, 0.1) is 16.3 Å². The van der Waals surface area contributed by atoms with Gasteiger partial charge in [0.2, 0.25) is 15.9 Å². The SMILES string of the molecule is CCS(=O)(=O)Nc1ccc(NC(=O)CCCNC(=O)c2cccs2)cc1C. The Hall–Kier alpha value is -2.39. The fourth-order valence-electron chi connectivity index (χ4n) is 2.26. The second-order valence-corrected chi connectivity index (χ2v) is 8.88. The highest BCUT2D eigenvalue weighted by atomic mass is 32.2. The molecule has 0 radical (unpaired) electrons. The Balaban J connectivity index is 1.78. The second kappa shape index (κ2) is 9.52. The molecule has 2 amide bonds. The molecule has 7 nitrogen and oxygen atoms in total. The fourth-order valence-corrected chi connectivity index (χ4v) is 3.61. The summed E-state index contributed by atoms with van der Waals surface area (Å²) in [6, 6.07) is 8.55. The van der Waals surface area contributed by atoms with E-state index in [1.807, 2.05) is 11.4 Å². The fraction of sp³-hybridized carbons (Fsp3) is 0.333. The van der Waals surface area contributed by atoms with Crippen LogP contribution < -0.4 is 15.4 Å². The van der Waals surface area contributed by atoms with E-state index >= 15 is 0 Å². The largest absolute Gasteiger partial charge is 0.351 e. The number of rotatable bonds is 9. The third-order valence-corrected chi connectivity index (χ3v) is 5.93. The van der Waals surface area contributed by atoms with E-state index in [0.29, 0.717) is 34.8 Å². The van der Waals surface area contributed by atoms with E-state index in [0.717, 1.165) is 0 Å². The van der Waals surface area contributed by atoms with Gasteiger partial charge in [0.15, 0.2) is 0 Å². The summed E-state index contributed by atoms with van der Waals surface area (Å²) < 4.78 is 25.8. The summed E-state index contributed by atoms with van der Waals surface area (Å²) in [5.41, 5.74) is 1.80. The molecule has 0 unspecified atom stereocenters. The van der Waals surface area contributed by atoms with Gasteiger partial charge in [0.1, 0.15) is 0 Å². The van der Waals surface area contributed by atoms with Crippen molar-refractivity contribution in [2.24, 2.45) is 0 Å². The van der Waals surface area contributed by atoms with Crippen molar-refractivity contribution in [3.63, 3.8) is 0 Å². The Bertz CT molecular complexity index is 893. The van der Waals surface area contributed by atoms with E-state index in [1.54, 1.807) is 38.1 Å². The van der Waals surface area contributed by atoms with Crippen LogP contribution in [0.15, 0.2) is 35.7 Å². The van der Waals surface area contributed by atoms with Crippen molar-refractivity contribution in [3.05, 3.63) is 46.2 Å². The lowest BCUT2D eigenvalue weighted by Gasteiger charge is -2.12. The van der Waals surface area contributed by atoms with E-state index in [2.05, 4.69) is 15.4 Å². The number of amides is 2. The average Bonchev–Trinajstić information content (AvgIpc) is 3.15. The van der Waals surface area contributed by atoms with Crippen molar-refractivity contribution in [2.45, 2.75) is 26.7 Å². The molecule has 2 rings (SSSR count). The van der Waals surface area contributed by atoms with Crippen LogP contribution in [-0.4, -0.2) is 32.5 Å². The predicted octanol–water partition coefficient (Wildman–Crippen LogP) is 2.97. The first kappa shape index (κ1) is 20.9. The van der Waals surface area contributed by atoms with Crippen LogP contribution >= 0.6 is 11.3 Å². The highest BCUT2D eigenvalue weighted by Gasteiger charge is 2.10. The van der Waals surface area contributed by atoms with Crippen LogP contribution in [0.4, 0.5) is 11.4 Å². The molecule has 2 aromatic rings. The van der Waals surface area contributed by atoms with E-state index in [9.17, 15) is 18.0 Å². The second-order valence-electron chi connectivity index (χ2n) is 5.92. The number of sulfonamides is 1. The Morgan fingerprint density at radius 3 is 2.59 bits per heavy atom. The third-order valence-electron chi connectivity index (χ3n) is 3.77. The minimum atomic E-state index is -3.34. The van der Waals surface area contributed by atoms with Crippen molar-refractivity contribution < 1.29 is 18.0 Å². The van der Waals surface area contributed by atoms with Gasteiger partial charge in [-0.3, -0.25) is 14.3 Å². The molecule has 0 aliphatic heterocycles. The maximum atomic E-state index is 12.0. The molecule has 0 saturated carbocycles. The zero-order valence-corrected chi connectivity index (χ0v) is 16.9. The molecule has 27 heavy (non-hydrogen) atoms. The standard InChI is InChI=1S/C18H23N3O4S2/c1-3-27(24,25)21-15-9-8-14(12-13(15)2)20-17(22)7-4-10-19-18(23)16-6-5-11-26-16/h5-6,8-9,11-12,21H,3-4,7,10H2,1-2H3,(H,19,23)(H,20,22). The van der Waals surface area contributed by atoms with E-state index in [4.69, 9.17) is 0 Å². The van der Waals surface area contributed by atoms with Crippen LogP contribution in [0.1, 0.15) is 35.0 Å². The normalized spacial score (nSPS) is 11.0. The molecule has 9 heteroatoms. The van der Waals surface area contributed by atoms with Gasteiger partial charge in [0.25, 0.3) is 5.91 Å². The van der Waals surface area contributed by atoms with Crippen molar-refractivity contribution in [1.82, 2.24) is 5.32 Å². The molecule has 0 atom stereocenters. The molecule has 1 aromatic heterocycles. The van der Waals surface area contributed by atoms with Crippen LogP contribution in [0, 0.1) is 6.92 Å². The van der Waals surface area contributed by atoms with Gasteiger partial charge >= 0.3 is 0 Å². The summed E-state index contributed by atoms with van der Waals surface area (Å²) >= 11 is 1.37. The lowest BCUT2D eigenvalue weighted by molar-refractivity contribution is -0.116. The minimum Gasteiger partial charge on any atom is -0.351 e. The van der Waals surface area contributed by atoms with Crippen LogP contribution in [-0.2, 0) is 14.8 Å². The lowest BCUT2D eigenvalue weighted by Crippen LogP contribution is -2.24. The van der Waals surface area contributed by atoms with Crippen molar-refractivity contribution >= 4 is 44.5 Å². The Morgan fingerprint density at radius 1 is 1.19 bits per heavy atom. The molecular weight excluding hydrogens is 386 g/mol. The smallest absolute Gasteiger partial charge is 0.261 e. The predicted molar refractivity (Wildman–Crippen MR) is 109 cm³/mol. The zero-order valence-electron chi connectivity index (χ0n) is 15.2. The first-order valence-electron chi connectivity index (χ1n) is 8.53. The van der Waals surface area contributed by atoms with E-state index in [1.165, 1.54) is 11.3 Å². The molecular formula is C18H23N3O4S2. The topological polar surface area (TPSA) is 104 Å². The highest BCUT2D eigenvalue weighted by Crippen LogP contribution is 2.21. The number of nitrogens with one attached hydrogen (secondary N) is 3. The first-order chi connectivity index (χ1) is 12.8. The molecule has 146 valence electrons. The van der Waals surface area contributed by atoms with Gasteiger partial charge in [-0.15, -0.1) is 11.3 Å². The number of hydrogen-bond donors (Lipinski definition) is 3. The number of benzene rings is 1. The number of anilines is 2. The quantitative estimate of drug-likeness (QED) is 0.554. The lowest BCUT2D eigenvalue weighted by atomic mass is 10.2. The molecule has 1 heterocycles. The minimum absolute atomic E-state index is 0.00600. The highest BCUT2D eigenvalue weighted by molar-refractivity contribution is 7.92. The van der Waals surface area contributed by atoms with Crippen LogP contribution in [0.2, 0.25) is 0 Å². The molecule has 0 bridgehead atoms. The monoisotopic (exact) mass is 409 g/mol. The number of carbonyl (C=O) groups is 2. The summed E-state index contributed by atoms with van der Waals surface area (Å²) in [4.78, 5) is 24.5. The number of hydrogen-bond acceptors (Lipinski definition) is 5. The maximum Gasteiger partial charge on any atom is 0.261 e. The Kier molecular flexibility index (Phi) is 7.37. The molecule has 0 aliphatic carbocycles. The number of aryl methyl sites for hydroxylation is 1. The maximum absolute atomic E-state index is 12.0. The van der Waals surface area contributed by atoms with Gasteiger partial charge in [-0.2, -0.15) is 0 Å². The molecule has 0 aliphatic rings. The van der Waals surface area contributed by atoms with Crippen molar-refractivity contribution in [1.29, 1.82) is 0 Å². The summed E-state index contributed by atoms with van der Waals surface area (Å²) in [6.07, 6.45) is 0.796. The van der Waals surface area contributed by atoms with Crippen LogP contribution in [0.25, 0.3) is 0 Å². The van der Waals surface area contributed by atoms with Gasteiger partial charge in [0, 0.05) is 18.7 Å². The summed E-state index contributed by atoms with van der Waals surface area (Å²) in [7, 11) is -3.34. The molecule has 0 saturated heterocycles. The van der Waals surface area contributed by atoms with Gasteiger partial charge in [-0.25, -0.2) is 8.42 Å². The van der Waals surface area contributed by atoms with Crippen LogP contribution in [0.5, 0.6) is 0 Å². The van der Waals surface area contributed by atoms with Gasteiger partial charge < -0.3 is 10.6 Å². The number of carbonyl (C=O) groups excluding carboxylic acids is 2. The summed E-state index contributed by atoms with van der Waals surface area (Å²) in [5, 5.41) is 7.39. The van der Waals surface area contributed by atoms with Gasteiger partial charge in [-0.05, 0) is 55.5 Å². The van der Waals surface area contributed by atoms with Crippen molar-refractivity contribution in [2.75, 3.05) is 22.3 Å². The summed E-state index contributed by atoms with van der Waals surface area (Å²) in [6.45, 7) is 3.75. The average molecular weight is 410 g/mol. The molecule has 0 spiro atoms. The third kappa shape index (κ3) is 6.69. The van der Waals surface area contributed by atoms with E-state index < -0.39 is 10.0 Å². The number of thiophene rings is 1. The molecule has 1 aromatic carbocycles. The molecule has 0 fully saturated rings. The van der Waals surface area contributed by atoms with Gasteiger partial charge in [-0.1, -0.05) is 6.07 Å². The van der Waals surface area contributed by atoms with E-state index in [-0.39, 0.29) is 24.0 Å².